The smallest absolute Gasteiger partial charge is 0.319 e. The molecule has 2 rings (SSSR count). The minimum atomic E-state index is -0.106. The Kier molecular flexibility index (Phi) is 2.82. The van der Waals surface area contributed by atoms with Gasteiger partial charge in [-0.25, -0.2) is 10.6 Å². The first-order valence-electron chi connectivity index (χ1n) is 4.97. The highest BCUT2D eigenvalue weighted by Gasteiger charge is 2.22. The largest absolute Gasteiger partial charge is 0.334 e. The zero-order valence-electron chi connectivity index (χ0n) is 8.47. The molecule has 0 aromatic carbocycles. The van der Waals surface area contributed by atoms with E-state index >= 15 is 0 Å². The van der Waals surface area contributed by atoms with Gasteiger partial charge in [0.1, 0.15) is 0 Å². The number of carbonyl (C=O) groups excluding carboxylic acids is 1. The average Bonchev–Trinajstić information content (AvgIpc) is 2.26. The highest BCUT2D eigenvalue weighted by Crippen LogP contribution is 2.10. The second kappa shape index (κ2) is 4.27. The van der Waals surface area contributed by atoms with Crippen LogP contribution in [0.4, 0.5) is 4.79 Å². The van der Waals surface area contributed by atoms with Gasteiger partial charge in [0.25, 0.3) is 0 Å². The summed E-state index contributed by atoms with van der Waals surface area (Å²) in [5, 5.41) is 1.26. The van der Waals surface area contributed by atoms with E-state index < -0.39 is 0 Å². The number of rotatable bonds is 2. The SMILES string of the molecule is NN1CCCN(Cc2cccnc2)C1=O. The molecule has 0 atom stereocenters. The highest BCUT2D eigenvalue weighted by molar-refractivity contribution is 5.74. The molecule has 5 nitrogen and oxygen atoms in total. The molecule has 1 aliphatic rings. The number of pyridine rings is 1. The van der Waals surface area contributed by atoms with E-state index in [1.54, 1.807) is 17.3 Å². The van der Waals surface area contributed by atoms with E-state index in [4.69, 9.17) is 5.84 Å². The lowest BCUT2D eigenvalue weighted by molar-refractivity contribution is 0.127. The van der Waals surface area contributed by atoms with Gasteiger partial charge in [0.2, 0.25) is 0 Å². The van der Waals surface area contributed by atoms with E-state index in [2.05, 4.69) is 4.98 Å². The van der Waals surface area contributed by atoms with Crippen LogP contribution in [0.5, 0.6) is 0 Å². The van der Waals surface area contributed by atoms with Gasteiger partial charge < -0.3 is 4.90 Å². The zero-order chi connectivity index (χ0) is 10.7. The normalized spacial score (nSPS) is 17.0. The summed E-state index contributed by atoms with van der Waals surface area (Å²) in [6.45, 7) is 1.99. The minimum absolute atomic E-state index is 0.106. The molecule has 80 valence electrons. The summed E-state index contributed by atoms with van der Waals surface area (Å²) in [5.41, 5.74) is 1.03. The Morgan fingerprint density at radius 1 is 1.47 bits per heavy atom. The summed E-state index contributed by atoms with van der Waals surface area (Å²) in [6.07, 6.45) is 4.40. The fraction of sp³-hybridized carbons (Fsp3) is 0.400. The summed E-state index contributed by atoms with van der Waals surface area (Å²) >= 11 is 0. The standard InChI is InChI=1S/C10H14N4O/c11-14-6-2-5-13(10(14)15)8-9-3-1-4-12-7-9/h1,3-4,7H,2,5-6,8,11H2. The maximum absolute atomic E-state index is 11.6. The highest BCUT2D eigenvalue weighted by atomic mass is 16.2. The van der Waals surface area contributed by atoms with E-state index in [0.29, 0.717) is 13.1 Å². The molecular formula is C10H14N4O. The molecule has 2 amide bonds. The first-order chi connectivity index (χ1) is 7.27. The molecule has 0 unspecified atom stereocenters. The van der Waals surface area contributed by atoms with Crippen molar-refractivity contribution in [3.05, 3.63) is 30.1 Å². The quantitative estimate of drug-likeness (QED) is 0.569. The summed E-state index contributed by atoms with van der Waals surface area (Å²) in [4.78, 5) is 17.4. The van der Waals surface area contributed by atoms with Crippen LogP contribution in [0, 0.1) is 0 Å². The third kappa shape index (κ3) is 2.24. The first-order valence-corrected chi connectivity index (χ1v) is 4.97. The number of hydrogen-bond acceptors (Lipinski definition) is 3. The molecule has 1 aliphatic heterocycles. The molecular weight excluding hydrogens is 192 g/mol. The Morgan fingerprint density at radius 2 is 2.33 bits per heavy atom. The van der Waals surface area contributed by atoms with Crippen molar-refractivity contribution in [1.29, 1.82) is 0 Å². The molecule has 0 radical (unpaired) electrons. The van der Waals surface area contributed by atoms with Crippen LogP contribution in [0.2, 0.25) is 0 Å². The van der Waals surface area contributed by atoms with Crippen molar-refractivity contribution in [1.82, 2.24) is 14.9 Å². The maximum atomic E-state index is 11.6. The Balaban J connectivity index is 2.03. The average molecular weight is 206 g/mol. The number of nitrogens with zero attached hydrogens (tertiary/aromatic N) is 3. The Labute approximate surface area is 88.5 Å². The number of amides is 2. The van der Waals surface area contributed by atoms with Gasteiger partial charge in [0, 0.05) is 32.0 Å². The molecule has 2 N–H and O–H groups in total. The lowest BCUT2D eigenvalue weighted by Crippen LogP contribution is -2.52. The van der Waals surface area contributed by atoms with Crippen LogP contribution in [0.3, 0.4) is 0 Å². The molecule has 1 fully saturated rings. The summed E-state index contributed by atoms with van der Waals surface area (Å²) in [7, 11) is 0. The zero-order valence-corrected chi connectivity index (χ0v) is 8.47. The van der Waals surface area contributed by atoms with Crippen LogP contribution in [0.25, 0.3) is 0 Å². The van der Waals surface area contributed by atoms with Crippen molar-refractivity contribution in [2.24, 2.45) is 5.84 Å². The van der Waals surface area contributed by atoms with Crippen molar-refractivity contribution >= 4 is 6.03 Å². The number of nitrogens with two attached hydrogens (primary N) is 1. The van der Waals surface area contributed by atoms with E-state index in [1.165, 1.54) is 5.01 Å². The molecule has 0 saturated carbocycles. The Hall–Kier alpha value is -1.62. The summed E-state index contributed by atoms with van der Waals surface area (Å²) in [6, 6.07) is 3.71. The van der Waals surface area contributed by atoms with Gasteiger partial charge >= 0.3 is 6.03 Å². The number of carbonyl (C=O) groups is 1. The van der Waals surface area contributed by atoms with Crippen LogP contribution < -0.4 is 5.84 Å². The number of urea groups is 1. The Bertz CT molecular complexity index is 341. The minimum Gasteiger partial charge on any atom is -0.319 e. The molecule has 1 aromatic heterocycles. The third-order valence-electron chi connectivity index (χ3n) is 2.44. The molecule has 2 heterocycles. The fourth-order valence-electron chi connectivity index (χ4n) is 1.66. The number of hydrazine groups is 1. The van der Waals surface area contributed by atoms with Gasteiger partial charge in [0.05, 0.1) is 0 Å². The number of hydrogen-bond donors (Lipinski definition) is 1. The van der Waals surface area contributed by atoms with Crippen molar-refractivity contribution in [2.75, 3.05) is 13.1 Å². The maximum Gasteiger partial charge on any atom is 0.334 e. The first kappa shape index (κ1) is 9.92. The molecule has 0 spiro atoms. The molecule has 0 bridgehead atoms. The van der Waals surface area contributed by atoms with E-state index in [-0.39, 0.29) is 6.03 Å². The monoisotopic (exact) mass is 206 g/mol. The van der Waals surface area contributed by atoms with E-state index in [0.717, 1.165) is 18.5 Å². The van der Waals surface area contributed by atoms with Crippen LogP contribution in [0.1, 0.15) is 12.0 Å². The van der Waals surface area contributed by atoms with E-state index in [1.807, 2.05) is 12.1 Å². The molecule has 15 heavy (non-hydrogen) atoms. The predicted molar refractivity (Wildman–Crippen MR) is 55.6 cm³/mol. The predicted octanol–water partition coefficient (Wildman–Crippen LogP) is 0.583. The Morgan fingerprint density at radius 3 is 3.07 bits per heavy atom. The molecule has 0 aliphatic carbocycles. The van der Waals surface area contributed by atoms with Crippen molar-refractivity contribution in [3.63, 3.8) is 0 Å². The van der Waals surface area contributed by atoms with Crippen LogP contribution in [0.15, 0.2) is 24.5 Å². The van der Waals surface area contributed by atoms with Gasteiger partial charge in [-0.15, -0.1) is 0 Å². The van der Waals surface area contributed by atoms with Crippen molar-refractivity contribution < 1.29 is 4.79 Å². The number of aromatic nitrogens is 1. The lowest BCUT2D eigenvalue weighted by Gasteiger charge is -2.32. The van der Waals surface area contributed by atoms with Crippen molar-refractivity contribution in [3.8, 4) is 0 Å². The van der Waals surface area contributed by atoms with Crippen LogP contribution in [-0.4, -0.2) is 34.0 Å². The molecule has 1 saturated heterocycles. The van der Waals surface area contributed by atoms with Gasteiger partial charge in [-0.05, 0) is 18.1 Å². The van der Waals surface area contributed by atoms with Crippen LogP contribution in [-0.2, 0) is 6.54 Å². The lowest BCUT2D eigenvalue weighted by atomic mass is 10.2. The summed E-state index contributed by atoms with van der Waals surface area (Å²) in [5.74, 6) is 5.55. The third-order valence-corrected chi connectivity index (χ3v) is 2.44. The molecule has 1 aromatic rings. The van der Waals surface area contributed by atoms with Crippen LogP contribution >= 0.6 is 0 Å². The van der Waals surface area contributed by atoms with E-state index in [9.17, 15) is 4.79 Å². The topological polar surface area (TPSA) is 62.5 Å². The summed E-state index contributed by atoms with van der Waals surface area (Å²) < 4.78 is 0. The fourth-order valence-corrected chi connectivity index (χ4v) is 1.66. The molecule has 5 heteroatoms. The van der Waals surface area contributed by atoms with Gasteiger partial charge in [-0.3, -0.25) is 9.99 Å². The van der Waals surface area contributed by atoms with Gasteiger partial charge in [-0.1, -0.05) is 6.07 Å². The second-order valence-electron chi connectivity index (χ2n) is 3.61. The van der Waals surface area contributed by atoms with Gasteiger partial charge in [0.15, 0.2) is 0 Å². The van der Waals surface area contributed by atoms with Gasteiger partial charge in [-0.2, -0.15) is 0 Å². The second-order valence-corrected chi connectivity index (χ2v) is 3.61. The van der Waals surface area contributed by atoms with Crippen molar-refractivity contribution in [2.45, 2.75) is 13.0 Å².